The van der Waals surface area contributed by atoms with Gasteiger partial charge in [-0.15, -0.1) is 0 Å². The third-order valence-corrected chi connectivity index (χ3v) is 2.92. The maximum absolute atomic E-state index is 13.4. The van der Waals surface area contributed by atoms with Gasteiger partial charge in [-0.25, -0.2) is 13.2 Å². The summed E-state index contributed by atoms with van der Waals surface area (Å²) in [7, 11) is 1.49. The smallest absolute Gasteiger partial charge is 0.228 e. The van der Waals surface area contributed by atoms with Gasteiger partial charge in [-0.05, 0) is 12.1 Å². The molecule has 0 radical (unpaired) electrons. The lowest BCUT2D eigenvalue weighted by Crippen LogP contribution is -2.28. The number of methoxy groups -OCH3 is 1. The van der Waals surface area contributed by atoms with E-state index in [1.807, 2.05) is 0 Å². The molecule has 124 valence electrons. The molecular weight excluding hydrogens is 315 g/mol. The number of ether oxygens (including phenoxy) is 1. The van der Waals surface area contributed by atoms with Crippen LogP contribution in [0.25, 0.3) is 0 Å². The van der Waals surface area contributed by atoms with E-state index in [9.17, 15) is 18.0 Å². The van der Waals surface area contributed by atoms with Crippen molar-refractivity contribution in [3.05, 3.63) is 46.9 Å². The third kappa shape index (κ3) is 4.52. The number of hydrogen-bond donors (Lipinski definition) is 1. The van der Waals surface area contributed by atoms with Gasteiger partial charge in [0.05, 0.1) is 6.42 Å². The van der Waals surface area contributed by atoms with E-state index in [0.29, 0.717) is 17.8 Å². The molecule has 1 aromatic heterocycles. The Kier molecular flexibility index (Phi) is 5.69. The number of aromatic nitrogens is 2. The fourth-order valence-electron chi connectivity index (χ4n) is 1.84. The maximum atomic E-state index is 13.4. The van der Waals surface area contributed by atoms with E-state index in [1.54, 1.807) is 0 Å². The summed E-state index contributed by atoms with van der Waals surface area (Å²) in [6, 6.07) is 1.44. The van der Waals surface area contributed by atoms with Gasteiger partial charge in [0.2, 0.25) is 11.8 Å². The van der Waals surface area contributed by atoms with Crippen LogP contribution < -0.4 is 5.32 Å². The molecule has 1 heterocycles. The summed E-state index contributed by atoms with van der Waals surface area (Å²) in [6.07, 6.45) is -0.356. The molecule has 23 heavy (non-hydrogen) atoms. The van der Waals surface area contributed by atoms with Gasteiger partial charge in [-0.2, -0.15) is 4.98 Å². The monoisotopic (exact) mass is 329 g/mol. The summed E-state index contributed by atoms with van der Waals surface area (Å²) in [5, 5.41) is 6.08. The molecule has 1 aromatic carbocycles. The van der Waals surface area contributed by atoms with Crippen LogP contribution in [0.15, 0.2) is 16.7 Å². The Morgan fingerprint density at radius 3 is 2.78 bits per heavy atom. The van der Waals surface area contributed by atoms with Crippen LogP contribution in [0.4, 0.5) is 13.2 Å². The van der Waals surface area contributed by atoms with Gasteiger partial charge < -0.3 is 14.6 Å². The molecular formula is C14H14F3N3O3. The van der Waals surface area contributed by atoms with Gasteiger partial charge in [0, 0.05) is 25.6 Å². The Bertz CT molecular complexity index is 691. The molecule has 0 bridgehead atoms. The van der Waals surface area contributed by atoms with Crippen molar-refractivity contribution in [2.75, 3.05) is 13.7 Å². The molecule has 0 atom stereocenters. The first-order valence-electron chi connectivity index (χ1n) is 6.70. The zero-order valence-electron chi connectivity index (χ0n) is 12.2. The lowest BCUT2D eigenvalue weighted by molar-refractivity contribution is -0.120. The molecule has 0 saturated heterocycles. The van der Waals surface area contributed by atoms with E-state index in [4.69, 9.17) is 9.26 Å². The number of nitrogens with one attached hydrogen (secondary N) is 1. The molecule has 6 nitrogen and oxygen atoms in total. The van der Waals surface area contributed by atoms with Crippen LogP contribution in [-0.4, -0.2) is 29.7 Å². The standard InChI is InChI=1S/C14H14F3N3O3/c1-22-7-11-19-13(23-20-11)4-5-18-12(21)6-8-9(15)2-3-10(16)14(8)17/h2-3H,4-7H2,1H3,(H,18,21). The maximum Gasteiger partial charge on any atom is 0.228 e. The van der Waals surface area contributed by atoms with Crippen LogP contribution >= 0.6 is 0 Å². The Balaban J connectivity index is 1.84. The van der Waals surface area contributed by atoms with Gasteiger partial charge in [0.25, 0.3) is 0 Å². The predicted molar refractivity (Wildman–Crippen MR) is 71.7 cm³/mol. The number of amides is 1. The first-order valence-corrected chi connectivity index (χ1v) is 6.70. The van der Waals surface area contributed by atoms with Crippen LogP contribution in [0.5, 0.6) is 0 Å². The minimum atomic E-state index is -1.36. The van der Waals surface area contributed by atoms with Crippen molar-refractivity contribution in [1.82, 2.24) is 15.5 Å². The molecule has 2 aromatic rings. The van der Waals surface area contributed by atoms with Crippen molar-refractivity contribution in [1.29, 1.82) is 0 Å². The number of halogens is 3. The minimum Gasteiger partial charge on any atom is -0.377 e. The first-order chi connectivity index (χ1) is 11.0. The molecule has 0 saturated carbocycles. The highest BCUT2D eigenvalue weighted by Crippen LogP contribution is 2.16. The van der Waals surface area contributed by atoms with Crippen LogP contribution in [0.3, 0.4) is 0 Å². The lowest BCUT2D eigenvalue weighted by Gasteiger charge is -2.06. The normalized spacial score (nSPS) is 10.8. The van der Waals surface area contributed by atoms with Crippen molar-refractivity contribution in [3.63, 3.8) is 0 Å². The molecule has 0 unspecified atom stereocenters. The average Bonchev–Trinajstić information content (AvgIpc) is 2.96. The quantitative estimate of drug-likeness (QED) is 0.780. The molecule has 0 fully saturated rings. The molecule has 9 heteroatoms. The summed E-state index contributed by atoms with van der Waals surface area (Å²) in [4.78, 5) is 15.7. The summed E-state index contributed by atoms with van der Waals surface area (Å²) >= 11 is 0. The van der Waals surface area contributed by atoms with E-state index in [2.05, 4.69) is 15.5 Å². The summed E-state index contributed by atoms with van der Waals surface area (Å²) in [6.45, 7) is 0.333. The fourth-order valence-corrected chi connectivity index (χ4v) is 1.84. The molecule has 0 aliphatic rings. The summed E-state index contributed by atoms with van der Waals surface area (Å²) in [5.41, 5.74) is -0.609. The van der Waals surface area contributed by atoms with Crippen LogP contribution in [-0.2, 0) is 29.0 Å². The second-order valence-corrected chi connectivity index (χ2v) is 4.64. The second kappa shape index (κ2) is 7.73. The fraction of sp³-hybridized carbons (Fsp3) is 0.357. The lowest BCUT2D eigenvalue weighted by atomic mass is 10.1. The van der Waals surface area contributed by atoms with Gasteiger partial charge in [0.1, 0.15) is 12.4 Å². The molecule has 2 rings (SSSR count). The number of benzene rings is 1. The number of carbonyl (C=O) groups is 1. The highest BCUT2D eigenvalue weighted by molar-refractivity contribution is 5.78. The van der Waals surface area contributed by atoms with Gasteiger partial charge in [0.15, 0.2) is 17.5 Å². The Hall–Kier alpha value is -2.42. The predicted octanol–water partition coefficient (Wildman–Crippen LogP) is 1.53. The van der Waals surface area contributed by atoms with Gasteiger partial charge >= 0.3 is 0 Å². The number of nitrogens with zero attached hydrogens (tertiary/aromatic N) is 2. The van der Waals surface area contributed by atoms with Crippen LogP contribution in [0.1, 0.15) is 17.3 Å². The Labute approximate surface area is 129 Å². The Morgan fingerprint density at radius 1 is 1.30 bits per heavy atom. The summed E-state index contributed by atoms with van der Waals surface area (Å²) < 4.78 is 49.6. The number of rotatable bonds is 7. The SMILES string of the molecule is COCc1noc(CCNC(=O)Cc2c(F)ccc(F)c2F)n1. The van der Waals surface area contributed by atoms with Crippen LogP contribution in [0.2, 0.25) is 0 Å². The van der Waals surface area contributed by atoms with E-state index in [-0.39, 0.29) is 19.6 Å². The zero-order chi connectivity index (χ0) is 16.8. The Morgan fingerprint density at radius 2 is 2.04 bits per heavy atom. The van der Waals surface area contributed by atoms with Crippen molar-refractivity contribution < 1.29 is 27.2 Å². The van der Waals surface area contributed by atoms with Crippen LogP contribution in [0, 0.1) is 17.5 Å². The third-order valence-electron chi connectivity index (χ3n) is 2.92. The van der Waals surface area contributed by atoms with Gasteiger partial charge in [-0.1, -0.05) is 5.16 Å². The van der Waals surface area contributed by atoms with E-state index < -0.39 is 35.3 Å². The van der Waals surface area contributed by atoms with Crippen molar-refractivity contribution >= 4 is 5.91 Å². The largest absolute Gasteiger partial charge is 0.377 e. The highest BCUT2D eigenvalue weighted by atomic mass is 19.2. The molecule has 1 amide bonds. The second-order valence-electron chi connectivity index (χ2n) is 4.64. The van der Waals surface area contributed by atoms with Crippen molar-refractivity contribution in [2.24, 2.45) is 0 Å². The number of hydrogen-bond acceptors (Lipinski definition) is 5. The molecule has 0 aliphatic heterocycles. The molecule has 1 N–H and O–H groups in total. The van der Waals surface area contributed by atoms with Crippen molar-refractivity contribution in [2.45, 2.75) is 19.4 Å². The minimum absolute atomic E-state index is 0.131. The van der Waals surface area contributed by atoms with E-state index >= 15 is 0 Å². The van der Waals surface area contributed by atoms with E-state index in [1.165, 1.54) is 7.11 Å². The molecule has 0 aliphatic carbocycles. The van der Waals surface area contributed by atoms with Crippen molar-refractivity contribution in [3.8, 4) is 0 Å². The molecule has 0 spiro atoms. The zero-order valence-corrected chi connectivity index (χ0v) is 12.2. The average molecular weight is 329 g/mol. The first kappa shape index (κ1) is 16.9. The van der Waals surface area contributed by atoms with Gasteiger partial charge in [-0.3, -0.25) is 4.79 Å². The summed E-state index contributed by atoms with van der Waals surface area (Å²) in [5.74, 6) is -3.52. The topological polar surface area (TPSA) is 77.3 Å². The number of carbonyl (C=O) groups excluding carboxylic acids is 1. The highest BCUT2D eigenvalue weighted by Gasteiger charge is 2.17. The van der Waals surface area contributed by atoms with E-state index in [0.717, 1.165) is 6.07 Å².